The summed E-state index contributed by atoms with van der Waals surface area (Å²) in [6.07, 6.45) is 4.36. The summed E-state index contributed by atoms with van der Waals surface area (Å²) in [5, 5.41) is 0. The molecule has 7 heteroatoms. The van der Waals surface area contributed by atoms with Crippen LogP contribution in [0.15, 0.2) is 21.6 Å². The highest BCUT2D eigenvalue weighted by Gasteiger charge is 2.20. The average molecular weight is 337 g/mol. The van der Waals surface area contributed by atoms with Gasteiger partial charge in [-0.3, -0.25) is 0 Å². The second-order valence-electron chi connectivity index (χ2n) is 3.77. The minimum absolute atomic E-state index is 0.0517. The lowest BCUT2D eigenvalue weighted by molar-refractivity contribution is 0.384. The standard InChI is InChI=1S/C11H17BrN2O3S/c1-3-4-5-6-14-18(15,16)10-7-9(12)8-13-11(10)17-2/h7-8,14H,3-6H2,1-2H3. The minimum Gasteiger partial charge on any atom is -0.480 e. The molecule has 0 saturated carbocycles. The average Bonchev–Trinajstić information content (AvgIpc) is 2.35. The van der Waals surface area contributed by atoms with Gasteiger partial charge in [-0.15, -0.1) is 0 Å². The lowest BCUT2D eigenvalue weighted by Gasteiger charge is -2.09. The molecule has 5 nitrogen and oxygen atoms in total. The summed E-state index contributed by atoms with van der Waals surface area (Å²) >= 11 is 3.20. The predicted molar refractivity (Wildman–Crippen MR) is 73.2 cm³/mol. The summed E-state index contributed by atoms with van der Waals surface area (Å²) in [6.45, 7) is 2.49. The van der Waals surface area contributed by atoms with E-state index in [1.807, 2.05) is 0 Å². The number of pyridine rings is 1. The zero-order valence-corrected chi connectivity index (χ0v) is 12.8. The first-order valence-electron chi connectivity index (χ1n) is 5.70. The van der Waals surface area contributed by atoms with Crippen molar-refractivity contribution in [3.05, 3.63) is 16.7 Å². The van der Waals surface area contributed by atoms with Gasteiger partial charge in [0.2, 0.25) is 15.9 Å². The maximum atomic E-state index is 12.1. The molecule has 0 amide bonds. The van der Waals surface area contributed by atoms with Crippen LogP contribution in [-0.4, -0.2) is 27.1 Å². The lowest BCUT2D eigenvalue weighted by atomic mass is 10.3. The van der Waals surface area contributed by atoms with Crippen LogP contribution < -0.4 is 9.46 Å². The van der Waals surface area contributed by atoms with E-state index in [9.17, 15) is 8.42 Å². The van der Waals surface area contributed by atoms with Crippen LogP contribution in [0.4, 0.5) is 0 Å². The number of ether oxygens (including phenoxy) is 1. The van der Waals surface area contributed by atoms with E-state index in [-0.39, 0.29) is 10.8 Å². The number of hydrogen-bond donors (Lipinski definition) is 1. The molecule has 0 aliphatic heterocycles. The van der Waals surface area contributed by atoms with Crippen LogP contribution in [0.1, 0.15) is 26.2 Å². The number of halogens is 1. The smallest absolute Gasteiger partial charge is 0.245 e. The highest BCUT2D eigenvalue weighted by molar-refractivity contribution is 9.10. The summed E-state index contributed by atoms with van der Waals surface area (Å²) in [7, 11) is -2.18. The molecule has 0 unspecified atom stereocenters. The number of rotatable bonds is 7. The first kappa shape index (κ1) is 15.4. The summed E-state index contributed by atoms with van der Waals surface area (Å²) in [5.41, 5.74) is 0. The maximum absolute atomic E-state index is 12.1. The first-order valence-corrected chi connectivity index (χ1v) is 7.98. The summed E-state index contributed by atoms with van der Waals surface area (Å²) in [4.78, 5) is 3.97. The van der Waals surface area contributed by atoms with Crippen LogP contribution in [0.3, 0.4) is 0 Å². The van der Waals surface area contributed by atoms with Crippen molar-refractivity contribution in [2.24, 2.45) is 0 Å². The van der Waals surface area contributed by atoms with Gasteiger partial charge in [-0.1, -0.05) is 19.8 Å². The SMILES string of the molecule is CCCCCNS(=O)(=O)c1cc(Br)cnc1OC. The van der Waals surface area contributed by atoms with Gasteiger partial charge in [0, 0.05) is 17.2 Å². The molecule has 0 fully saturated rings. The molecule has 1 heterocycles. The van der Waals surface area contributed by atoms with E-state index in [2.05, 4.69) is 32.6 Å². The van der Waals surface area contributed by atoms with Gasteiger partial charge in [-0.2, -0.15) is 0 Å². The Kier molecular flexibility index (Phi) is 6.04. The van der Waals surface area contributed by atoms with Crippen LogP contribution >= 0.6 is 15.9 Å². The van der Waals surface area contributed by atoms with Gasteiger partial charge in [0.25, 0.3) is 0 Å². The van der Waals surface area contributed by atoms with E-state index >= 15 is 0 Å². The van der Waals surface area contributed by atoms with Gasteiger partial charge in [0.05, 0.1) is 7.11 Å². The van der Waals surface area contributed by atoms with Crippen LogP contribution in [0.2, 0.25) is 0 Å². The number of unbranched alkanes of at least 4 members (excludes halogenated alkanes) is 2. The van der Waals surface area contributed by atoms with E-state index < -0.39 is 10.0 Å². The van der Waals surface area contributed by atoms with Crippen LogP contribution in [-0.2, 0) is 10.0 Å². The number of sulfonamides is 1. The Balaban J connectivity index is 2.87. The van der Waals surface area contributed by atoms with Crippen molar-refractivity contribution in [2.75, 3.05) is 13.7 Å². The molecule has 102 valence electrons. The topological polar surface area (TPSA) is 68.3 Å². The molecule has 0 spiro atoms. The molecule has 1 aromatic heterocycles. The summed E-state index contributed by atoms with van der Waals surface area (Å²) in [6, 6.07) is 1.48. The van der Waals surface area contributed by atoms with Crippen LogP contribution in [0.5, 0.6) is 5.88 Å². The van der Waals surface area contributed by atoms with E-state index in [4.69, 9.17) is 4.74 Å². The van der Waals surface area contributed by atoms with Gasteiger partial charge in [0.15, 0.2) is 0 Å². The van der Waals surface area contributed by atoms with Crippen molar-refractivity contribution in [3.63, 3.8) is 0 Å². The minimum atomic E-state index is -3.57. The molecular weight excluding hydrogens is 320 g/mol. The van der Waals surface area contributed by atoms with E-state index in [0.29, 0.717) is 11.0 Å². The van der Waals surface area contributed by atoms with Crippen molar-refractivity contribution in [2.45, 2.75) is 31.1 Å². The third kappa shape index (κ3) is 4.22. The fourth-order valence-corrected chi connectivity index (χ4v) is 3.11. The molecule has 1 rings (SSSR count). The number of nitrogens with one attached hydrogen (secondary N) is 1. The number of hydrogen-bond acceptors (Lipinski definition) is 4. The zero-order chi connectivity index (χ0) is 13.6. The highest BCUT2D eigenvalue weighted by Crippen LogP contribution is 2.24. The molecule has 0 radical (unpaired) electrons. The molecular formula is C11H17BrN2O3S. The van der Waals surface area contributed by atoms with Crippen LogP contribution in [0, 0.1) is 0 Å². The van der Waals surface area contributed by atoms with E-state index in [0.717, 1.165) is 19.3 Å². The molecule has 0 aromatic carbocycles. The van der Waals surface area contributed by atoms with Crippen LogP contribution in [0.25, 0.3) is 0 Å². The molecule has 0 bridgehead atoms. The van der Waals surface area contributed by atoms with E-state index in [1.165, 1.54) is 19.4 Å². The Labute approximate surface area is 116 Å². The number of methoxy groups -OCH3 is 1. The van der Waals surface area contributed by atoms with Gasteiger partial charge < -0.3 is 4.74 Å². The number of aromatic nitrogens is 1. The molecule has 0 saturated heterocycles. The summed E-state index contributed by atoms with van der Waals surface area (Å²) < 4.78 is 32.3. The molecule has 1 aromatic rings. The second kappa shape index (κ2) is 7.06. The van der Waals surface area contributed by atoms with E-state index in [1.54, 1.807) is 0 Å². The van der Waals surface area contributed by atoms with Gasteiger partial charge in [0.1, 0.15) is 4.90 Å². The van der Waals surface area contributed by atoms with Crippen molar-refractivity contribution >= 4 is 26.0 Å². The fraction of sp³-hybridized carbons (Fsp3) is 0.545. The molecule has 0 aliphatic carbocycles. The quantitative estimate of drug-likeness (QED) is 0.776. The lowest BCUT2D eigenvalue weighted by Crippen LogP contribution is -2.25. The first-order chi connectivity index (χ1) is 8.51. The van der Waals surface area contributed by atoms with Gasteiger partial charge >= 0.3 is 0 Å². The normalized spacial score (nSPS) is 11.5. The van der Waals surface area contributed by atoms with Crippen molar-refractivity contribution in [3.8, 4) is 5.88 Å². The monoisotopic (exact) mass is 336 g/mol. The van der Waals surface area contributed by atoms with Crippen molar-refractivity contribution in [1.29, 1.82) is 0 Å². The van der Waals surface area contributed by atoms with Crippen molar-refractivity contribution in [1.82, 2.24) is 9.71 Å². The van der Waals surface area contributed by atoms with Gasteiger partial charge in [-0.05, 0) is 28.4 Å². The second-order valence-corrected chi connectivity index (χ2v) is 6.42. The largest absolute Gasteiger partial charge is 0.480 e. The third-order valence-corrected chi connectivity index (χ3v) is 4.23. The Morgan fingerprint density at radius 3 is 2.78 bits per heavy atom. The molecule has 0 aliphatic rings. The summed E-state index contributed by atoms with van der Waals surface area (Å²) in [5.74, 6) is 0.0983. The zero-order valence-electron chi connectivity index (χ0n) is 10.4. The Morgan fingerprint density at radius 1 is 1.44 bits per heavy atom. The number of nitrogens with zero attached hydrogens (tertiary/aromatic N) is 1. The Bertz CT molecular complexity index is 491. The molecule has 0 atom stereocenters. The van der Waals surface area contributed by atoms with Crippen molar-refractivity contribution < 1.29 is 13.2 Å². The fourth-order valence-electron chi connectivity index (χ4n) is 1.41. The Morgan fingerprint density at radius 2 is 2.17 bits per heavy atom. The van der Waals surface area contributed by atoms with Gasteiger partial charge in [-0.25, -0.2) is 18.1 Å². The molecule has 1 N–H and O–H groups in total. The molecule has 18 heavy (non-hydrogen) atoms. The third-order valence-electron chi connectivity index (χ3n) is 2.34. The Hall–Kier alpha value is -0.660. The maximum Gasteiger partial charge on any atom is 0.245 e. The highest BCUT2D eigenvalue weighted by atomic mass is 79.9. The predicted octanol–water partition coefficient (Wildman–Crippen LogP) is 2.32.